The number of amides is 5. The molecule has 318 valence electrons. The second kappa shape index (κ2) is 19.3. The van der Waals surface area contributed by atoms with Crippen molar-refractivity contribution >= 4 is 23.8 Å². The van der Waals surface area contributed by atoms with Gasteiger partial charge in [-0.05, 0) is 85.8 Å². The molecule has 5 N–H and O–H groups in total. The first-order valence-corrected chi connectivity index (χ1v) is 21.5. The second-order valence-electron chi connectivity index (χ2n) is 16.3. The molecule has 0 spiro atoms. The lowest BCUT2D eigenvalue weighted by molar-refractivity contribution is -0.134. The first kappa shape index (κ1) is 42.0. The molecule has 13 heteroatoms. The monoisotopic (exact) mass is 831 g/mol. The van der Waals surface area contributed by atoms with E-state index in [0.717, 1.165) is 78.1 Å². The molecule has 0 unspecified atom stereocenters. The highest BCUT2D eigenvalue weighted by molar-refractivity contribution is 5.94. The zero-order chi connectivity index (χ0) is 43.0. The normalized spacial score (nSPS) is 18.7. The Hall–Kier alpha value is -6.75. The van der Waals surface area contributed by atoms with Gasteiger partial charge in [-0.15, -0.1) is 0 Å². The maximum atomic E-state index is 14.1. The molecule has 5 aromatic rings. The van der Waals surface area contributed by atoms with Crippen LogP contribution in [-0.4, -0.2) is 112 Å². The number of aromatic nitrogens is 2. The van der Waals surface area contributed by atoms with E-state index in [2.05, 4.69) is 37.3 Å². The summed E-state index contributed by atoms with van der Waals surface area (Å²) in [6.45, 7) is 4.28. The maximum absolute atomic E-state index is 14.1. The molecule has 3 saturated heterocycles. The zero-order valence-electron chi connectivity index (χ0n) is 35.0. The van der Waals surface area contributed by atoms with Crippen LogP contribution in [0.1, 0.15) is 82.2 Å². The number of aromatic amines is 1. The third-order valence-electron chi connectivity index (χ3n) is 12.2. The topological polar surface area (TPSA) is 160 Å². The average molecular weight is 832 g/mol. The number of likely N-dealkylation sites (tertiary alicyclic amines) is 2. The fraction of sp³-hybridized carbons (Fsp3) is 0.327. The Balaban J connectivity index is 0.843. The van der Waals surface area contributed by atoms with Crippen molar-refractivity contribution in [3.05, 3.63) is 149 Å². The van der Waals surface area contributed by atoms with Gasteiger partial charge in [0, 0.05) is 68.5 Å². The van der Waals surface area contributed by atoms with Crippen molar-refractivity contribution < 1.29 is 19.2 Å². The number of carbonyl (C=O) groups is 4. The van der Waals surface area contributed by atoms with Crippen LogP contribution in [0.15, 0.2) is 115 Å². The number of rotatable bonds is 10. The largest absolute Gasteiger partial charge is 0.350 e. The molecule has 5 amide bonds. The van der Waals surface area contributed by atoms with Crippen LogP contribution in [0.4, 0.5) is 4.79 Å². The van der Waals surface area contributed by atoms with Crippen LogP contribution in [0.3, 0.4) is 0 Å². The fourth-order valence-corrected chi connectivity index (χ4v) is 8.51. The van der Waals surface area contributed by atoms with Gasteiger partial charge in [0.15, 0.2) is 0 Å². The summed E-state index contributed by atoms with van der Waals surface area (Å²) in [5, 5.41) is 6.06. The van der Waals surface area contributed by atoms with E-state index in [-0.39, 0.29) is 35.8 Å². The van der Waals surface area contributed by atoms with E-state index in [1.54, 1.807) is 28.1 Å². The second-order valence-corrected chi connectivity index (χ2v) is 16.3. The number of imidazole rings is 1. The van der Waals surface area contributed by atoms with Crippen LogP contribution < -0.4 is 16.4 Å². The standard InChI is InChI=1S/C49H53N9O4/c1-55-28-30-56(31-29-55)49(62)54-44(38-12-6-3-7-13-38)48(61)57-26-8-14-40(57)32-52-46(59)39-24-20-35(21-25-39)17-16-34-18-22-36(23-19-34)41-33-51-45(53-41)42-15-9-27-58(42)47(60)43(50)37-10-4-2-5-11-37/h2-7,10-13,18-25,33,40,42-44H,8-9,14-15,26-32,50H2,1H3,(H,51,53)(H,52,59)(H,54,62)/t40-,42-,43+,44+/m0/s1. The van der Waals surface area contributed by atoms with Gasteiger partial charge in [0.05, 0.1) is 17.9 Å². The molecule has 0 saturated carbocycles. The Labute approximate surface area is 362 Å². The maximum Gasteiger partial charge on any atom is 0.318 e. The van der Waals surface area contributed by atoms with Crippen molar-refractivity contribution in [3.8, 4) is 23.1 Å². The molecule has 1 aromatic heterocycles. The van der Waals surface area contributed by atoms with E-state index in [1.165, 1.54) is 0 Å². The van der Waals surface area contributed by atoms with E-state index in [4.69, 9.17) is 5.73 Å². The number of nitrogens with zero attached hydrogens (tertiary/aromatic N) is 5. The number of piperazine rings is 1. The summed E-state index contributed by atoms with van der Waals surface area (Å²) in [6, 6.07) is 31.7. The summed E-state index contributed by atoms with van der Waals surface area (Å²) < 4.78 is 0. The Morgan fingerprint density at radius 2 is 1.35 bits per heavy atom. The number of benzene rings is 4. The quantitative estimate of drug-likeness (QED) is 0.140. The van der Waals surface area contributed by atoms with Crippen LogP contribution in [0.2, 0.25) is 0 Å². The van der Waals surface area contributed by atoms with Gasteiger partial charge in [0.1, 0.15) is 17.9 Å². The third-order valence-corrected chi connectivity index (χ3v) is 12.2. The predicted octanol–water partition coefficient (Wildman–Crippen LogP) is 5.26. The minimum Gasteiger partial charge on any atom is -0.350 e. The van der Waals surface area contributed by atoms with Gasteiger partial charge in [-0.3, -0.25) is 14.4 Å². The number of hydrogen-bond acceptors (Lipinski definition) is 7. The number of hydrogen-bond donors (Lipinski definition) is 4. The highest BCUT2D eigenvalue weighted by Gasteiger charge is 2.37. The van der Waals surface area contributed by atoms with E-state index >= 15 is 0 Å². The van der Waals surface area contributed by atoms with Crippen molar-refractivity contribution in [1.29, 1.82) is 0 Å². The van der Waals surface area contributed by atoms with Crippen molar-refractivity contribution in [2.45, 2.75) is 49.9 Å². The fourth-order valence-electron chi connectivity index (χ4n) is 8.51. The Kier molecular flexibility index (Phi) is 13.1. The summed E-state index contributed by atoms with van der Waals surface area (Å²) in [5.74, 6) is 6.65. The number of likely N-dealkylation sites (N-methyl/N-ethyl adjacent to an activating group) is 1. The molecule has 3 aliphatic heterocycles. The van der Waals surface area contributed by atoms with Gasteiger partial charge < -0.3 is 41.0 Å². The van der Waals surface area contributed by atoms with Gasteiger partial charge in [-0.25, -0.2) is 9.78 Å². The van der Waals surface area contributed by atoms with Gasteiger partial charge in [-0.2, -0.15) is 0 Å². The smallest absolute Gasteiger partial charge is 0.318 e. The summed E-state index contributed by atoms with van der Waals surface area (Å²) >= 11 is 0. The molecule has 0 aliphatic carbocycles. The first-order valence-electron chi connectivity index (χ1n) is 21.5. The van der Waals surface area contributed by atoms with E-state index in [9.17, 15) is 19.2 Å². The summed E-state index contributed by atoms with van der Waals surface area (Å²) in [5.41, 5.74) is 11.8. The molecular weight excluding hydrogens is 779 g/mol. The van der Waals surface area contributed by atoms with Crippen LogP contribution >= 0.6 is 0 Å². The SMILES string of the molecule is CN1CCN(C(=O)N[C@@H](C(=O)N2CCC[C@H]2CNC(=O)c2ccc(C#Cc3ccc(-c4cnc([C@@H]5CCCN5C(=O)[C@H](N)c5ccccc5)[nH]4)cc3)cc2)c2ccccc2)CC1. The van der Waals surface area contributed by atoms with Gasteiger partial charge in [0.2, 0.25) is 11.8 Å². The van der Waals surface area contributed by atoms with Crippen molar-refractivity contribution in [2.75, 3.05) is 52.9 Å². The third kappa shape index (κ3) is 9.73. The van der Waals surface area contributed by atoms with Crippen molar-refractivity contribution in [1.82, 2.24) is 40.2 Å². The lowest BCUT2D eigenvalue weighted by Gasteiger charge is -2.34. The Morgan fingerprint density at radius 1 is 0.742 bits per heavy atom. The highest BCUT2D eigenvalue weighted by atomic mass is 16.2. The summed E-state index contributed by atoms with van der Waals surface area (Å²) in [4.78, 5) is 69.7. The molecule has 62 heavy (non-hydrogen) atoms. The molecule has 0 bridgehead atoms. The van der Waals surface area contributed by atoms with Crippen LogP contribution in [-0.2, 0) is 9.59 Å². The minimum absolute atomic E-state index is 0.0998. The summed E-state index contributed by atoms with van der Waals surface area (Å²) in [6.07, 6.45) is 5.07. The number of carbonyl (C=O) groups excluding carboxylic acids is 4. The molecule has 8 rings (SSSR count). The number of urea groups is 1. The lowest BCUT2D eigenvalue weighted by Crippen LogP contribution is -2.54. The molecule has 3 fully saturated rings. The van der Waals surface area contributed by atoms with E-state index in [1.807, 2.05) is 109 Å². The Morgan fingerprint density at radius 3 is 2.03 bits per heavy atom. The van der Waals surface area contributed by atoms with Crippen LogP contribution in [0.5, 0.6) is 0 Å². The average Bonchev–Trinajstić information content (AvgIpc) is 4.12. The van der Waals surface area contributed by atoms with Crippen LogP contribution in [0, 0.1) is 11.8 Å². The molecule has 3 aliphatic rings. The first-order chi connectivity index (χ1) is 30.2. The molecule has 13 nitrogen and oxygen atoms in total. The lowest BCUT2D eigenvalue weighted by atomic mass is 10.0. The number of H-pyrrole nitrogens is 1. The number of nitrogens with two attached hydrogens (primary N) is 1. The molecule has 0 radical (unpaired) electrons. The van der Waals surface area contributed by atoms with E-state index < -0.39 is 12.1 Å². The molecule has 4 heterocycles. The summed E-state index contributed by atoms with van der Waals surface area (Å²) in [7, 11) is 2.03. The van der Waals surface area contributed by atoms with Gasteiger partial charge >= 0.3 is 6.03 Å². The molecule has 4 atom stereocenters. The Bertz CT molecular complexity index is 2400. The molecular formula is C49H53N9O4. The highest BCUT2D eigenvalue weighted by Crippen LogP contribution is 2.33. The predicted molar refractivity (Wildman–Crippen MR) is 237 cm³/mol. The zero-order valence-corrected chi connectivity index (χ0v) is 35.0. The van der Waals surface area contributed by atoms with Crippen LogP contribution in [0.25, 0.3) is 11.3 Å². The van der Waals surface area contributed by atoms with E-state index in [0.29, 0.717) is 38.3 Å². The van der Waals surface area contributed by atoms with Crippen molar-refractivity contribution in [3.63, 3.8) is 0 Å². The minimum atomic E-state index is -0.825. The van der Waals surface area contributed by atoms with Gasteiger partial charge in [0.25, 0.3) is 5.91 Å². The molecule has 4 aromatic carbocycles. The van der Waals surface area contributed by atoms with Gasteiger partial charge in [-0.1, -0.05) is 84.6 Å². The van der Waals surface area contributed by atoms with Crippen molar-refractivity contribution in [2.24, 2.45) is 5.73 Å². The number of nitrogens with one attached hydrogen (secondary N) is 3.